The zero-order valence-electron chi connectivity index (χ0n) is 17.9. The summed E-state index contributed by atoms with van der Waals surface area (Å²) in [6.07, 6.45) is 2.30. The lowest BCUT2D eigenvalue weighted by atomic mass is 10.0. The highest BCUT2D eigenvalue weighted by Gasteiger charge is 2.25. The molecule has 2 N–H and O–H groups in total. The SMILES string of the molecule is COc1ccc(NC(=O)C(=O)NCC(c2ccc(N(C)C)cc2)N2CCCC2)cc1. The van der Waals surface area contributed by atoms with Crippen molar-refractivity contribution in [2.24, 2.45) is 0 Å². The Morgan fingerprint density at radius 1 is 1.00 bits per heavy atom. The number of anilines is 2. The minimum absolute atomic E-state index is 0.0430. The summed E-state index contributed by atoms with van der Waals surface area (Å²) in [7, 11) is 5.59. The van der Waals surface area contributed by atoms with Crippen molar-refractivity contribution in [2.75, 3.05) is 51.1 Å². The van der Waals surface area contributed by atoms with E-state index in [1.54, 1.807) is 31.4 Å². The maximum Gasteiger partial charge on any atom is 0.313 e. The molecule has 7 heteroatoms. The zero-order valence-corrected chi connectivity index (χ0v) is 17.9. The van der Waals surface area contributed by atoms with Gasteiger partial charge in [0.05, 0.1) is 13.2 Å². The van der Waals surface area contributed by atoms with Gasteiger partial charge in [-0.2, -0.15) is 0 Å². The Kier molecular flexibility index (Phi) is 7.30. The van der Waals surface area contributed by atoms with Gasteiger partial charge in [0.25, 0.3) is 0 Å². The Balaban J connectivity index is 1.62. The lowest BCUT2D eigenvalue weighted by Gasteiger charge is -2.28. The second kappa shape index (κ2) is 10.1. The molecule has 0 radical (unpaired) electrons. The molecule has 2 aromatic rings. The molecule has 1 aliphatic heterocycles. The number of amides is 2. The molecule has 2 amide bonds. The first-order valence-corrected chi connectivity index (χ1v) is 10.2. The average molecular weight is 411 g/mol. The van der Waals surface area contributed by atoms with Crippen LogP contribution in [0.5, 0.6) is 5.75 Å². The number of methoxy groups -OCH3 is 1. The molecule has 1 saturated heterocycles. The number of rotatable bonds is 7. The molecule has 1 aliphatic rings. The van der Waals surface area contributed by atoms with Crippen molar-refractivity contribution in [3.8, 4) is 5.75 Å². The zero-order chi connectivity index (χ0) is 21.5. The number of nitrogens with zero attached hydrogens (tertiary/aromatic N) is 2. The van der Waals surface area contributed by atoms with Crippen LogP contribution in [0.3, 0.4) is 0 Å². The fraction of sp³-hybridized carbons (Fsp3) is 0.391. The second-order valence-electron chi connectivity index (χ2n) is 7.64. The van der Waals surface area contributed by atoms with Gasteiger partial charge in [-0.15, -0.1) is 0 Å². The Morgan fingerprint density at radius 3 is 2.20 bits per heavy atom. The van der Waals surface area contributed by atoms with Gasteiger partial charge in [-0.05, 0) is 67.9 Å². The van der Waals surface area contributed by atoms with Crippen LogP contribution in [0.2, 0.25) is 0 Å². The Labute approximate surface area is 178 Å². The topological polar surface area (TPSA) is 73.9 Å². The molecule has 0 aliphatic carbocycles. The number of ether oxygens (including phenoxy) is 1. The van der Waals surface area contributed by atoms with E-state index in [0.29, 0.717) is 18.0 Å². The van der Waals surface area contributed by atoms with Crippen molar-refractivity contribution in [1.82, 2.24) is 10.2 Å². The molecule has 160 valence electrons. The van der Waals surface area contributed by atoms with E-state index in [2.05, 4.69) is 44.7 Å². The van der Waals surface area contributed by atoms with E-state index in [1.807, 2.05) is 14.1 Å². The van der Waals surface area contributed by atoms with Gasteiger partial charge in [0, 0.05) is 32.0 Å². The Hall–Kier alpha value is -3.06. The average Bonchev–Trinajstić information content (AvgIpc) is 3.29. The third-order valence-corrected chi connectivity index (χ3v) is 5.39. The molecule has 1 fully saturated rings. The summed E-state index contributed by atoms with van der Waals surface area (Å²) in [5.41, 5.74) is 2.81. The van der Waals surface area contributed by atoms with Crippen molar-refractivity contribution in [1.29, 1.82) is 0 Å². The van der Waals surface area contributed by atoms with Gasteiger partial charge in [-0.3, -0.25) is 14.5 Å². The fourth-order valence-corrected chi connectivity index (χ4v) is 3.64. The minimum atomic E-state index is -0.678. The van der Waals surface area contributed by atoms with Gasteiger partial charge >= 0.3 is 11.8 Å². The summed E-state index contributed by atoms with van der Waals surface area (Å²) in [5.74, 6) is -0.630. The second-order valence-corrected chi connectivity index (χ2v) is 7.64. The highest BCUT2D eigenvalue weighted by molar-refractivity contribution is 6.39. The van der Waals surface area contributed by atoms with Crippen LogP contribution in [0, 0.1) is 0 Å². The fourth-order valence-electron chi connectivity index (χ4n) is 3.64. The molecule has 1 atom stereocenters. The van der Waals surface area contributed by atoms with Gasteiger partial charge in [0.2, 0.25) is 0 Å². The predicted molar refractivity (Wildman–Crippen MR) is 119 cm³/mol. The summed E-state index contributed by atoms with van der Waals surface area (Å²) < 4.78 is 5.10. The third-order valence-electron chi connectivity index (χ3n) is 5.39. The number of hydrogen-bond acceptors (Lipinski definition) is 5. The van der Waals surface area contributed by atoms with Crippen LogP contribution >= 0.6 is 0 Å². The van der Waals surface area contributed by atoms with Crippen molar-refractivity contribution in [3.63, 3.8) is 0 Å². The normalized spacial score (nSPS) is 14.8. The van der Waals surface area contributed by atoms with E-state index in [4.69, 9.17) is 4.74 Å². The summed E-state index contributed by atoms with van der Waals surface area (Å²) in [6.45, 7) is 2.37. The molecular formula is C23H30N4O3. The summed E-state index contributed by atoms with van der Waals surface area (Å²) in [4.78, 5) is 29.1. The van der Waals surface area contributed by atoms with Crippen molar-refractivity contribution >= 4 is 23.2 Å². The van der Waals surface area contributed by atoms with Crippen molar-refractivity contribution in [2.45, 2.75) is 18.9 Å². The molecular weight excluding hydrogens is 380 g/mol. The molecule has 1 unspecified atom stereocenters. The van der Waals surface area contributed by atoms with Crippen LogP contribution in [-0.4, -0.2) is 57.6 Å². The highest BCUT2D eigenvalue weighted by atomic mass is 16.5. The predicted octanol–water partition coefficient (Wildman–Crippen LogP) is 2.65. The maximum absolute atomic E-state index is 12.4. The number of carbonyl (C=O) groups is 2. The highest BCUT2D eigenvalue weighted by Crippen LogP contribution is 2.26. The maximum atomic E-state index is 12.4. The first-order valence-electron chi connectivity index (χ1n) is 10.2. The first kappa shape index (κ1) is 21.6. The smallest absolute Gasteiger partial charge is 0.313 e. The van der Waals surface area contributed by atoms with Crippen LogP contribution < -0.4 is 20.3 Å². The molecule has 0 aromatic heterocycles. The van der Waals surface area contributed by atoms with Crippen LogP contribution in [0.15, 0.2) is 48.5 Å². The Bertz CT molecular complexity index is 844. The molecule has 3 rings (SSSR count). The van der Waals surface area contributed by atoms with E-state index in [9.17, 15) is 9.59 Å². The number of benzene rings is 2. The molecule has 0 saturated carbocycles. The van der Waals surface area contributed by atoms with Crippen LogP contribution in [-0.2, 0) is 9.59 Å². The summed E-state index contributed by atoms with van der Waals surface area (Å²) >= 11 is 0. The van der Waals surface area contributed by atoms with E-state index >= 15 is 0 Å². The summed E-state index contributed by atoms with van der Waals surface area (Å²) in [5, 5.41) is 5.43. The molecule has 0 bridgehead atoms. The molecule has 30 heavy (non-hydrogen) atoms. The number of likely N-dealkylation sites (tertiary alicyclic amines) is 1. The molecule has 1 heterocycles. The molecule has 7 nitrogen and oxygen atoms in total. The monoisotopic (exact) mass is 410 g/mol. The van der Waals surface area contributed by atoms with E-state index in [1.165, 1.54) is 0 Å². The third kappa shape index (κ3) is 5.51. The minimum Gasteiger partial charge on any atom is -0.497 e. The number of hydrogen-bond donors (Lipinski definition) is 2. The lowest BCUT2D eigenvalue weighted by molar-refractivity contribution is -0.136. The Morgan fingerprint density at radius 2 is 1.63 bits per heavy atom. The standard InChI is InChI=1S/C23H30N4O3/c1-26(2)19-10-6-17(7-11-19)21(27-14-4-5-15-27)16-24-22(28)23(29)25-18-8-12-20(30-3)13-9-18/h6-13,21H,4-5,14-16H2,1-3H3,(H,24,28)(H,25,29). The molecule has 0 spiro atoms. The van der Waals surface area contributed by atoms with E-state index in [0.717, 1.165) is 37.2 Å². The largest absolute Gasteiger partial charge is 0.497 e. The van der Waals surface area contributed by atoms with Crippen LogP contribution in [0.1, 0.15) is 24.4 Å². The lowest BCUT2D eigenvalue weighted by Crippen LogP contribution is -2.41. The van der Waals surface area contributed by atoms with E-state index in [-0.39, 0.29) is 6.04 Å². The quantitative estimate of drug-likeness (QED) is 0.687. The van der Waals surface area contributed by atoms with Gasteiger partial charge in [-0.25, -0.2) is 0 Å². The van der Waals surface area contributed by atoms with Gasteiger partial charge < -0.3 is 20.3 Å². The molecule has 2 aromatic carbocycles. The summed E-state index contributed by atoms with van der Waals surface area (Å²) in [6, 6.07) is 15.3. The van der Waals surface area contributed by atoms with Gasteiger partial charge in [0.15, 0.2) is 0 Å². The van der Waals surface area contributed by atoms with Gasteiger partial charge in [-0.1, -0.05) is 12.1 Å². The van der Waals surface area contributed by atoms with E-state index < -0.39 is 11.8 Å². The van der Waals surface area contributed by atoms with Gasteiger partial charge in [0.1, 0.15) is 5.75 Å². The first-order chi connectivity index (χ1) is 14.5. The van der Waals surface area contributed by atoms with Crippen LogP contribution in [0.25, 0.3) is 0 Å². The van der Waals surface area contributed by atoms with Crippen molar-refractivity contribution < 1.29 is 14.3 Å². The van der Waals surface area contributed by atoms with Crippen LogP contribution in [0.4, 0.5) is 11.4 Å². The van der Waals surface area contributed by atoms with Crippen molar-refractivity contribution in [3.05, 3.63) is 54.1 Å². The number of carbonyl (C=O) groups excluding carboxylic acids is 2. The number of nitrogens with one attached hydrogen (secondary N) is 2.